The van der Waals surface area contributed by atoms with E-state index in [1.54, 1.807) is 0 Å². The molecule has 1 aliphatic heterocycles. The summed E-state index contributed by atoms with van der Waals surface area (Å²) in [6.45, 7) is 6.58. The fourth-order valence-corrected chi connectivity index (χ4v) is 1.37. The summed E-state index contributed by atoms with van der Waals surface area (Å²) in [6.07, 6.45) is 0. The van der Waals surface area contributed by atoms with Gasteiger partial charge in [0.15, 0.2) is 0 Å². The van der Waals surface area contributed by atoms with Crippen molar-refractivity contribution in [3.63, 3.8) is 0 Å². The Hall–Kier alpha value is 0.500. The number of nitrogens with two attached hydrogens (primary N) is 1. The monoisotopic (exact) mass is 200 g/mol. The van der Waals surface area contributed by atoms with Crippen LogP contribution >= 0.6 is 24.8 Å². The molecule has 0 aliphatic carbocycles. The Bertz CT molecular complexity index is 90.4. The molecule has 0 bridgehead atoms. The standard InChI is InChI=1S/C7H16N2.2ClH/c1-5-3-9-4-6(2)7(5)8;;/h5-7,9H,3-4,8H2,1-2H3;2*1H. The van der Waals surface area contributed by atoms with Gasteiger partial charge in [0.05, 0.1) is 0 Å². The highest BCUT2D eigenvalue weighted by atomic mass is 35.5. The molecule has 0 spiro atoms. The number of hydrogen-bond acceptors (Lipinski definition) is 2. The maximum absolute atomic E-state index is 5.88. The van der Waals surface area contributed by atoms with E-state index in [0.717, 1.165) is 13.1 Å². The molecule has 2 atom stereocenters. The van der Waals surface area contributed by atoms with Gasteiger partial charge in [0, 0.05) is 6.04 Å². The van der Waals surface area contributed by atoms with E-state index >= 15 is 0 Å². The first-order valence-corrected chi connectivity index (χ1v) is 3.68. The topological polar surface area (TPSA) is 38.0 Å². The van der Waals surface area contributed by atoms with E-state index in [0.29, 0.717) is 17.9 Å². The molecule has 0 aromatic heterocycles. The Balaban J connectivity index is 0. The van der Waals surface area contributed by atoms with Gasteiger partial charge < -0.3 is 11.1 Å². The Morgan fingerprint density at radius 2 is 1.45 bits per heavy atom. The molecule has 0 aromatic carbocycles. The third-order valence-electron chi connectivity index (χ3n) is 2.25. The zero-order chi connectivity index (χ0) is 6.85. The van der Waals surface area contributed by atoms with E-state index in [4.69, 9.17) is 5.73 Å². The van der Waals surface area contributed by atoms with Crippen molar-refractivity contribution < 1.29 is 0 Å². The summed E-state index contributed by atoms with van der Waals surface area (Å²) < 4.78 is 0. The van der Waals surface area contributed by atoms with Gasteiger partial charge in [0.1, 0.15) is 0 Å². The largest absolute Gasteiger partial charge is 0.327 e. The highest BCUT2D eigenvalue weighted by molar-refractivity contribution is 5.85. The molecule has 70 valence electrons. The lowest BCUT2D eigenvalue weighted by Crippen LogP contribution is -2.49. The van der Waals surface area contributed by atoms with Crippen LogP contribution in [0.25, 0.3) is 0 Å². The quantitative estimate of drug-likeness (QED) is 0.614. The molecule has 2 unspecified atom stereocenters. The third-order valence-corrected chi connectivity index (χ3v) is 2.25. The van der Waals surface area contributed by atoms with Crippen LogP contribution in [0.5, 0.6) is 0 Å². The minimum Gasteiger partial charge on any atom is -0.327 e. The molecule has 1 saturated heterocycles. The van der Waals surface area contributed by atoms with Crippen molar-refractivity contribution in [2.24, 2.45) is 17.6 Å². The predicted molar refractivity (Wildman–Crippen MR) is 53.7 cm³/mol. The Labute approximate surface area is 81.1 Å². The van der Waals surface area contributed by atoms with Crippen molar-refractivity contribution in [2.45, 2.75) is 19.9 Å². The molecule has 11 heavy (non-hydrogen) atoms. The van der Waals surface area contributed by atoms with Crippen molar-refractivity contribution >= 4 is 24.8 Å². The zero-order valence-corrected chi connectivity index (χ0v) is 8.67. The van der Waals surface area contributed by atoms with Crippen LogP contribution in [0.2, 0.25) is 0 Å². The highest BCUT2D eigenvalue weighted by Crippen LogP contribution is 2.13. The van der Waals surface area contributed by atoms with Crippen molar-refractivity contribution in [3.8, 4) is 0 Å². The van der Waals surface area contributed by atoms with Crippen LogP contribution in [-0.4, -0.2) is 19.1 Å². The van der Waals surface area contributed by atoms with Gasteiger partial charge in [-0.3, -0.25) is 0 Å². The first kappa shape index (κ1) is 14.0. The lowest BCUT2D eigenvalue weighted by Gasteiger charge is -2.31. The van der Waals surface area contributed by atoms with Gasteiger partial charge >= 0.3 is 0 Å². The van der Waals surface area contributed by atoms with E-state index in [1.807, 2.05) is 0 Å². The minimum atomic E-state index is 0. The van der Waals surface area contributed by atoms with Crippen LogP contribution in [0.15, 0.2) is 0 Å². The molecule has 2 nitrogen and oxygen atoms in total. The number of hydrogen-bond donors (Lipinski definition) is 2. The van der Waals surface area contributed by atoms with Crippen LogP contribution in [0.1, 0.15) is 13.8 Å². The zero-order valence-electron chi connectivity index (χ0n) is 7.04. The molecule has 4 heteroatoms. The van der Waals surface area contributed by atoms with Crippen LogP contribution in [-0.2, 0) is 0 Å². The van der Waals surface area contributed by atoms with Gasteiger partial charge in [-0.15, -0.1) is 24.8 Å². The average Bonchev–Trinajstić information content (AvgIpc) is 1.83. The molecular weight excluding hydrogens is 183 g/mol. The predicted octanol–water partition coefficient (Wildman–Crippen LogP) is 1.03. The Morgan fingerprint density at radius 3 is 1.73 bits per heavy atom. The molecule has 1 rings (SSSR count). The molecule has 0 radical (unpaired) electrons. The normalized spacial score (nSPS) is 36.8. The molecular formula is C7H18Cl2N2. The first-order chi connectivity index (χ1) is 4.22. The van der Waals surface area contributed by atoms with Gasteiger partial charge in [-0.05, 0) is 24.9 Å². The van der Waals surface area contributed by atoms with E-state index in [9.17, 15) is 0 Å². The van der Waals surface area contributed by atoms with Crippen LogP contribution in [0.3, 0.4) is 0 Å². The molecule has 1 fully saturated rings. The van der Waals surface area contributed by atoms with Crippen LogP contribution < -0.4 is 11.1 Å². The second-order valence-electron chi connectivity index (χ2n) is 3.19. The molecule has 3 N–H and O–H groups in total. The van der Waals surface area contributed by atoms with Crippen molar-refractivity contribution in [2.75, 3.05) is 13.1 Å². The maximum atomic E-state index is 5.88. The SMILES string of the molecule is CC1CNCC(C)C1N.Cl.Cl. The third kappa shape index (κ3) is 3.61. The van der Waals surface area contributed by atoms with E-state index in [1.165, 1.54) is 0 Å². The Morgan fingerprint density at radius 1 is 1.09 bits per heavy atom. The van der Waals surface area contributed by atoms with Gasteiger partial charge in [-0.25, -0.2) is 0 Å². The van der Waals surface area contributed by atoms with Gasteiger partial charge in [0.25, 0.3) is 0 Å². The smallest absolute Gasteiger partial charge is 0.0115 e. The molecule has 1 aliphatic rings. The number of nitrogens with one attached hydrogen (secondary N) is 1. The summed E-state index contributed by atoms with van der Waals surface area (Å²) in [5, 5.41) is 3.33. The lowest BCUT2D eigenvalue weighted by atomic mass is 9.88. The molecule has 1 heterocycles. The average molecular weight is 201 g/mol. The summed E-state index contributed by atoms with van der Waals surface area (Å²) in [4.78, 5) is 0. The van der Waals surface area contributed by atoms with Gasteiger partial charge in [0.2, 0.25) is 0 Å². The van der Waals surface area contributed by atoms with Crippen molar-refractivity contribution in [3.05, 3.63) is 0 Å². The summed E-state index contributed by atoms with van der Waals surface area (Å²) in [5.74, 6) is 1.29. The van der Waals surface area contributed by atoms with Crippen molar-refractivity contribution in [1.82, 2.24) is 5.32 Å². The van der Waals surface area contributed by atoms with Gasteiger partial charge in [-0.2, -0.15) is 0 Å². The van der Waals surface area contributed by atoms with Crippen molar-refractivity contribution in [1.29, 1.82) is 0 Å². The van der Waals surface area contributed by atoms with Gasteiger partial charge in [-0.1, -0.05) is 13.8 Å². The number of piperidine rings is 1. The van der Waals surface area contributed by atoms with E-state index in [-0.39, 0.29) is 24.8 Å². The second kappa shape index (κ2) is 6.06. The summed E-state index contributed by atoms with van der Waals surface area (Å²) in [7, 11) is 0. The van der Waals surface area contributed by atoms with E-state index < -0.39 is 0 Å². The van der Waals surface area contributed by atoms with Crippen LogP contribution in [0.4, 0.5) is 0 Å². The lowest BCUT2D eigenvalue weighted by molar-refractivity contribution is 0.270. The molecule has 0 aromatic rings. The molecule has 0 saturated carbocycles. The highest BCUT2D eigenvalue weighted by Gasteiger charge is 2.23. The summed E-state index contributed by atoms with van der Waals surface area (Å²) in [6, 6.07) is 0.409. The summed E-state index contributed by atoms with van der Waals surface area (Å²) >= 11 is 0. The minimum absolute atomic E-state index is 0. The summed E-state index contributed by atoms with van der Waals surface area (Å²) in [5.41, 5.74) is 5.88. The first-order valence-electron chi connectivity index (χ1n) is 3.68. The molecule has 0 amide bonds. The fourth-order valence-electron chi connectivity index (χ4n) is 1.37. The second-order valence-corrected chi connectivity index (χ2v) is 3.19. The number of rotatable bonds is 0. The van der Waals surface area contributed by atoms with E-state index in [2.05, 4.69) is 19.2 Å². The Kier molecular flexibility index (Phi) is 7.75. The maximum Gasteiger partial charge on any atom is 0.0115 e. The fraction of sp³-hybridized carbons (Fsp3) is 1.00. The number of halogens is 2. The van der Waals surface area contributed by atoms with Crippen LogP contribution in [0, 0.1) is 11.8 Å².